The summed E-state index contributed by atoms with van der Waals surface area (Å²) >= 11 is 0. The number of pyridine rings is 1. The van der Waals surface area contributed by atoms with Gasteiger partial charge in [-0.3, -0.25) is 13.8 Å². The SMILES string of the molecule is O=C(Nc1cn2c(-c3cc(-c4ccc(P(=O)(O)O)o4)c(F)cc3O)cccc2n1)C1CC1. The Morgan fingerprint density at radius 1 is 1.19 bits per heavy atom. The molecule has 4 aromatic rings. The van der Waals surface area contributed by atoms with E-state index in [0.717, 1.165) is 25.0 Å². The molecule has 4 N–H and O–H groups in total. The quantitative estimate of drug-likeness (QED) is 0.338. The average Bonchev–Trinajstić information content (AvgIpc) is 3.30. The van der Waals surface area contributed by atoms with E-state index in [1.807, 2.05) is 0 Å². The molecule has 5 rings (SSSR count). The van der Waals surface area contributed by atoms with E-state index in [9.17, 15) is 28.6 Å². The van der Waals surface area contributed by atoms with Crippen LogP contribution in [0.2, 0.25) is 0 Å². The van der Waals surface area contributed by atoms with Crippen molar-refractivity contribution in [3.63, 3.8) is 0 Å². The third kappa shape index (κ3) is 3.69. The molecule has 9 nitrogen and oxygen atoms in total. The molecule has 0 bridgehead atoms. The number of aromatic hydroxyl groups is 1. The number of halogens is 1. The van der Waals surface area contributed by atoms with Crippen molar-refractivity contribution in [1.29, 1.82) is 0 Å². The van der Waals surface area contributed by atoms with Gasteiger partial charge in [0.05, 0.1) is 17.5 Å². The highest BCUT2D eigenvalue weighted by molar-refractivity contribution is 7.59. The summed E-state index contributed by atoms with van der Waals surface area (Å²) in [6.07, 6.45) is 3.31. The van der Waals surface area contributed by atoms with Crippen LogP contribution in [-0.2, 0) is 9.36 Å². The zero-order valence-electron chi connectivity index (χ0n) is 16.4. The molecular formula is C21H17FN3O6P. The number of fused-ring (bicyclic) bond motifs is 1. The molecule has 1 aromatic carbocycles. The lowest BCUT2D eigenvalue weighted by atomic mass is 10.0. The predicted octanol–water partition coefficient (Wildman–Crippen LogP) is 3.26. The average molecular weight is 457 g/mol. The molecule has 1 aliphatic rings. The van der Waals surface area contributed by atoms with Crippen LogP contribution in [0.4, 0.5) is 10.2 Å². The summed E-state index contributed by atoms with van der Waals surface area (Å²) in [6.45, 7) is 0. The second kappa shape index (κ2) is 7.30. The van der Waals surface area contributed by atoms with E-state index in [-0.39, 0.29) is 34.5 Å². The lowest BCUT2D eigenvalue weighted by Gasteiger charge is -2.10. The summed E-state index contributed by atoms with van der Waals surface area (Å²) in [5.74, 6) is -1.01. The fourth-order valence-electron chi connectivity index (χ4n) is 3.45. The van der Waals surface area contributed by atoms with E-state index in [1.165, 1.54) is 12.1 Å². The Hall–Kier alpha value is -3.46. The second-order valence-electron chi connectivity index (χ2n) is 7.56. The summed E-state index contributed by atoms with van der Waals surface area (Å²) in [5, 5.41) is 13.2. The number of anilines is 1. The number of nitrogens with one attached hydrogen (secondary N) is 1. The van der Waals surface area contributed by atoms with Crippen LogP contribution in [0.15, 0.2) is 53.1 Å². The minimum atomic E-state index is -4.64. The largest absolute Gasteiger partial charge is 0.507 e. The monoisotopic (exact) mass is 457 g/mol. The zero-order valence-corrected chi connectivity index (χ0v) is 17.3. The lowest BCUT2D eigenvalue weighted by molar-refractivity contribution is -0.117. The van der Waals surface area contributed by atoms with Gasteiger partial charge in [-0.1, -0.05) is 6.07 Å². The van der Waals surface area contributed by atoms with Gasteiger partial charge in [0.1, 0.15) is 23.0 Å². The van der Waals surface area contributed by atoms with Crippen LogP contribution in [0.5, 0.6) is 5.75 Å². The number of furan rings is 1. The number of aromatic nitrogens is 2. The van der Waals surface area contributed by atoms with Crippen molar-refractivity contribution in [2.45, 2.75) is 12.8 Å². The van der Waals surface area contributed by atoms with Crippen molar-refractivity contribution in [3.05, 3.63) is 54.5 Å². The van der Waals surface area contributed by atoms with E-state index >= 15 is 0 Å². The molecular weight excluding hydrogens is 440 g/mol. The maximum Gasteiger partial charge on any atom is 0.391 e. The van der Waals surface area contributed by atoms with E-state index in [2.05, 4.69) is 10.3 Å². The number of nitrogens with zero attached hydrogens (tertiary/aromatic N) is 2. The number of hydrogen-bond acceptors (Lipinski definition) is 5. The molecule has 0 unspecified atom stereocenters. The van der Waals surface area contributed by atoms with Gasteiger partial charge in [-0.05, 0) is 43.2 Å². The Labute approximate surface area is 180 Å². The van der Waals surface area contributed by atoms with Crippen LogP contribution < -0.4 is 10.8 Å². The van der Waals surface area contributed by atoms with Crippen LogP contribution in [-0.4, -0.2) is 30.2 Å². The molecule has 0 aliphatic heterocycles. The van der Waals surface area contributed by atoms with Crippen molar-refractivity contribution >= 4 is 30.5 Å². The Balaban J connectivity index is 1.59. The molecule has 1 saturated carbocycles. The Morgan fingerprint density at radius 3 is 2.66 bits per heavy atom. The van der Waals surface area contributed by atoms with E-state index < -0.39 is 18.9 Å². The zero-order chi connectivity index (χ0) is 22.6. The number of amides is 1. The van der Waals surface area contributed by atoms with Gasteiger partial charge in [-0.15, -0.1) is 0 Å². The number of carbonyl (C=O) groups is 1. The van der Waals surface area contributed by atoms with Gasteiger partial charge in [0, 0.05) is 17.5 Å². The Bertz CT molecular complexity index is 1420. The molecule has 3 heterocycles. The first-order valence-corrected chi connectivity index (χ1v) is 11.3. The molecule has 0 spiro atoms. The smallest absolute Gasteiger partial charge is 0.391 e. The number of phenols is 1. The summed E-state index contributed by atoms with van der Waals surface area (Å²) in [6, 6.07) is 9.65. The number of imidazole rings is 1. The van der Waals surface area contributed by atoms with Crippen LogP contribution in [0.1, 0.15) is 12.8 Å². The molecule has 0 atom stereocenters. The fourth-order valence-corrected chi connectivity index (χ4v) is 3.94. The number of benzene rings is 1. The maximum absolute atomic E-state index is 14.6. The highest BCUT2D eigenvalue weighted by Crippen LogP contribution is 2.39. The first-order valence-electron chi connectivity index (χ1n) is 9.69. The Kier molecular flexibility index (Phi) is 4.67. The second-order valence-corrected chi connectivity index (χ2v) is 9.09. The van der Waals surface area contributed by atoms with Gasteiger partial charge in [0.25, 0.3) is 0 Å². The highest BCUT2D eigenvalue weighted by Gasteiger charge is 2.30. The summed E-state index contributed by atoms with van der Waals surface area (Å²) in [5.41, 5.74) is 0.521. The highest BCUT2D eigenvalue weighted by atomic mass is 31.2. The summed E-state index contributed by atoms with van der Waals surface area (Å²) in [7, 11) is -4.64. The third-order valence-electron chi connectivity index (χ3n) is 5.20. The van der Waals surface area contributed by atoms with Gasteiger partial charge in [-0.25, -0.2) is 9.37 Å². The number of carbonyl (C=O) groups excluding carboxylic acids is 1. The normalized spacial score (nSPS) is 14.1. The summed E-state index contributed by atoms with van der Waals surface area (Å²) in [4.78, 5) is 35.0. The van der Waals surface area contributed by atoms with E-state index in [1.54, 1.807) is 28.8 Å². The Morgan fingerprint density at radius 2 is 1.97 bits per heavy atom. The molecule has 1 fully saturated rings. The maximum atomic E-state index is 14.6. The van der Waals surface area contributed by atoms with Crippen LogP contribution in [0.3, 0.4) is 0 Å². The van der Waals surface area contributed by atoms with Gasteiger partial charge in [0.15, 0.2) is 5.82 Å². The molecule has 32 heavy (non-hydrogen) atoms. The van der Waals surface area contributed by atoms with Crippen molar-refractivity contribution in [2.24, 2.45) is 5.92 Å². The molecule has 164 valence electrons. The van der Waals surface area contributed by atoms with Crippen molar-refractivity contribution < 1.29 is 33.1 Å². The predicted molar refractivity (Wildman–Crippen MR) is 113 cm³/mol. The van der Waals surface area contributed by atoms with Crippen LogP contribution in [0, 0.1) is 11.7 Å². The third-order valence-corrected chi connectivity index (χ3v) is 6.01. The lowest BCUT2D eigenvalue weighted by Crippen LogP contribution is -2.13. The van der Waals surface area contributed by atoms with E-state index in [4.69, 9.17) is 4.42 Å². The van der Waals surface area contributed by atoms with Gasteiger partial charge in [-0.2, -0.15) is 0 Å². The number of rotatable bonds is 5. The molecule has 0 saturated heterocycles. The van der Waals surface area contributed by atoms with Crippen molar-refractivity contribution in [2.75, 3.05) is 5.32 Å². The van der Waals surface area contributed by atoms with Gasteiger partial charge in [0.2, 0.25) is 11.4 Å². The van der Waals surface area contributed by atoms with Gasteiger partial charge >= 0.3 is 7.60 Å². The molecule has 11 heteroatoms. The molecule has 3 aromatic heterocycles. The van der Waals surface area contributed by atoms with Crippen LogP contribution in [0.25, 0.3) is 28.2 Å². The topological polar surface area (TPSA) is 137 Å². The molecule has 1 amide bonds. The van der Waals surface area contributed by atoms with Gasteiger partial charge < -0.3 is 24.6 Å². The molecule has 0 radical (unpaired) electrons. The summed E-state index contributed by atoms with van der Waals surface area (Å²) < 4.78 is 32.8. The minimum Gasteiger partial charge on any atom is -0.507 e. The van der Waals surface area contributed by atoms with E-state index in [0.29, 0.717) is 17.2 Å². The standard InChI is InChI=1S/C21H17FN3O6P/c22-14-9-16(26)13(8-12(14)17-6-7-20(31-17)32(28,29)30)15-2-1-3-19-23-18(10-25(15)19)24-21(27)11-4-5-11/h1-3,6-11,26H,4-5H2,(H,24,27)(H2,28,29,30). The van der Waals surface area contributed by atoms with Crippen molar-refractivity contribution in [3.8, 4) is 28.3 Å². The number of hydrogen-bond donors (Lipinski definition) is 4. The van der Waals surface area contributed by atoms with Crippen LogP contribution >= 0.6 is 7.60 Å². The fraction of sp³-hybridized carbons (Fsp3) is 0.143. The molecule has 1 aliphatic carbocycles. The first kappa shape index (κ1) is 20.4. The minimum absolute atomic E-state index is 0.00863. The van der Waals surface area contributed by atoms with Crippen molar-refractivity contribution in [1.82, 2.24) is 9.38 Å². The number of phenolic OH excluding ortho intramolecular Hbond substituents is 1. The first-order chi connectivity index (χ1) is 15.2.